The molecule has 0 spiro atoms. The van der Waals surface area contributed by atoms with Crippen LogP contribution in [0.1, 0.15) is 40.0 Å². The van der Waals surface area contributed by atoms with Crippen LogP contribution in [0.3, 0.4) is 0 Å². The summed E-state index contributed by atoms with van der Waals surface area (Å²) in [4.78, 5) is 48.3. The van der Waals surface area contributed by atoms with E-state index >= 15 is 0 Å². The zero-order chi connectivity index (χ0) is 22.6. The first-order valence-corrected chi connectivity index (χ1v) is 10.6. The molecule has 3 atom stereocenters. The molecule has 0 N–H and O–H groups in total. The lowest BCUT2D eigenvalue weighted by atomic mass is 9.91. The first kappa shape index (κ1) is 27.9. The van der Waals surface area contributed by atoms with Gasteiger partial charge >= 0.3 is 23.9 Å². The molecule has 8 nitrogen and oxygen atoms in total. The number of thiol groups is 3. The van der Waals surface area contributed by atoms with E-state index in [1.807, 2.05) is 0 Å². The van der Waals surface area contributed by atoms with Crippen molar-refractivity contribution in [3.05, 3.63) is 0 Å². The summed E-state index contributed by atoms with van der Waals surface area (Å²) in [7, 11) is 1.13. The molecule has 0 aliphatic carbocycles. The van der Waals surface area contributed by atoms with E-state index < -0.39 is 49.1 Å². The van der Waals surface area contributed by atoms with Crippen LogP contribution >= 0.6 is 37.9 Å². The normalized spacial score (nSPS) is 16.0. The number of ether oxygens (including phenoxy) is 4. The van der Waals surface area contributed by atoms with E-state index in [4.69, 9.17) is 18.9 Å². The second kappa shape index (κ2) is 14.0. The zero-order valence-corrected chi connectivity index (χ0v) is 19.8. The van der Waals surface area contributed by atoms with Crippen LogP contribution in [-0.2, 0) is 38.1 Å². The summed E-state index contributed by atoms with van der Waals surface area (Å²) in [6, 6.07) is 0. The van der Waals surface area contributed by atoms with Gasteiger partial charge in [0.25, 0.3) is 0 Å². The lowest BCUT2D eigenvalue weighted by Gasteiger charge is -2.29. The lowest BCUT2D eigenvalue weighted by molar-refractivity contribution is -0.177. The molecule has 0 saturated heterocycles. The van der Waals surface area contributed by atoms with Crippen LogP contribution in [0.15, 0.2) is 0 Å². The van der Waals surface area contributed by atoms with Crippen molar-refractivity contribution in [1.29, 1.82) is 0 Å². The highest BCUT2D eigenvalue weighted by atomic mass is 32.1. The standard InChI is InChI=1S/C18H30O8S3/c1-11(27)5-14(19)24-8-18(17(22)23-4,9-25-15(20)6-12(2)28)10-26-16(21)7-13(3)29/h11-13,27-29H,5-10H2,1-4H3. The van der Waals surface area contributed by atoms with E-state index in [0.717, 1.165) is 7.11 Å². The van der Waals surface area contributed by atoms with Crippen molar-refractivity contribution in [2.45, 2.75) is 55.8 Å². The van der Waals surface area contributed by atoms with Gasteiger partial charge in [-0.15, -0.1) is 0 Å². The third-order valence-corrected chi connectivity index (χ3v) is 4.08. The summed E-state index contributed by atoms with van der Waals surface area (Å²) >= 11 is 12.3. The first-order valence-electron chi connectivity index (χ1n) is 9.01. The fraction of sp³-hybridized carbons (Fsp3) is 0.778. The molecule has 0 radical (unpaired) electrons. The molecule has 0 bridgehead atoms. The van der Waals surface area contributed by atoms with Crippen molar-refractivity contribution < 1.29 is 38.1 Å². The van der Waals surface area contributed by atoms with Crippen LogP contribution in [0.25, 0.3) is 0 Å². The lowest BCUT2D eigenvalue weighted by Crippen LogP contribution is -2.47. The molecule has 0 fully saturated rings. The Labute approximate surface area is 188 Å². The molecule has 0 aliphatic rings. The first-order chi connectivity index (χ1) is 13.4. The molecular formula is C18H30O8S3. The fourth-order valence-electron chi connectivity index (χ4n) is 2.07. The van der Waals surface area contributed by atoms with E-state index in [1.165, 1.54) is 0 Å². The Morgan fingerprint density at radius 2 is 0.966 bits per heavy atom. The number of methoxy groups -OCH3 is 1. The topological polar surface area (TPSA) is 105 Å². The number of rotatable bonds is 13. The van der Waals surface area contributed by atoms with Gasteiger partial charge in [0.15, 0.2) is 5.41 Å². The van der Waals surface area contributed by atoms with E-state index in [1.54, 1.807) is 20.8 Å². The van der Waals surface area contributed by atoms with Gasteiger partial charge in [-0.1, -0.05) is 20.8 Å². The molecule has 0 aliphatic heterocycles. The molecule has 0 rings (SSSR count). The SMILES string of the molecule is COC(=O)C(COC(=O)CC(C)S)(COC(=O)CC(C)S)COC(=O)CC(C)S. The molecule has 0 amide bonds. The highest BCUT2D eigenvalue weighted by molar-refractivity contribution is 7.81. The summed E-state index contributed by atoms with van der Waals surface area (Å²) in [5.41, 5.74) is -1.70. The predicted octanol–water partition coefficient (Wildman–Crippen LogP) is 1.90. The van der Waals surface area contributed by atoms with Gasteiger partial charge in [0.05, 0.1) is 26.4 Å². The highest BCUT2D eigenvalue weighted by Gasteiger charge is 2.45. The summed E-state index contributed by atoms with van der Waals surface area (Å²) in [6.07, 6.45) is 0.0246. The molecular weight excluding hydrogens is 440 g/mol. The third-order valence-electron chi connectivity index (χ3n) is 3.53. The van der Waals surface area contributed by atoms with Gasteiger partial charge in [-0.2, -0.15) is 37.9 Å². The Bertz CT molecular complexity index is 499. The summed E-state index contributed by atoms with van der Waals surface area (Å²) in [5.74, 6) is -2.66. The minimum absolute atomic E-state index is 0.00821. The molecule has 3 unspecified atom stereocenters. The van der Waals surface area contributed by atoms with Gasteiger partial charge < -0.3 is 18.9 Å². The molecule has 11 heteroatoms. The minimum atomic E-state index is -1.70. The average molecular weight is 471 g/mol. The van der Waals surface area contributed by atoms with Gasteiger partial charge in [0.1, 0.15) is 19.8 Å². The Balaban J connectivity index is 5.41. The Kier molecular flexibility index (Phi) is 13.5. The van der Waals surface area contributed by atoms with Crippen LogP contribution in [0.2, 0.25) is 0 Å². The van der Waals surface area contributed by atoms with E-state index in [2.05, 4.69) is 37.9 Å². The van der Waals surface area contributed by atoms with Gasteiger partial charge in [-0.05, 0) is 0 Å². The second-order valence-electron chi connectivity index (χ2n) is 6.91. The van der Waals surface area contributed by atoms with Gasteiger partial charge in [-0.3, -0.25) is 19.2 Å². The van der Waals surface area contributed by atoms with Crippen LogP contribution in [0, 0.1) is 5.41 Å². The summed E-state index contributed by atoms with van der Waals surface area (Å²) < 4.78 is 20.3. The smallest absolute Gasteiger partial charge is 0.322 e. The Hall–Kier alpha value is -1.07. The maximum Gasteiger partial charge on any atom is 0.322 e. The molecule has 168 valence electrons. The van der Waals surface area contributed by atoms with E-state index in [0.29, 0.717) is 0 Å². The van der Waals surface area contributed by atoms with E-state index in [-0.39, 0.29) is 35.0 Å². The summed E-state index contributed by atoms with van der Waals surface area (Å²) in [6.45, 7) is 3.64. The maximum absolute atomic E-state index is 12.5. The number of esters is 4. The van der Waals surface area contributed by atoms with Crippen molar-refractivity contribution >= 4 is 61.8 Å². The summed E-state index contributed by atoms with van der Waals surface area (Å²) in [5, 5.41) is -0.752. The van der Waals surface area contributed by atoms with Crippen LogP contribution in [0.5, 0.6) is 0 Å². The van der Waals surface area contributed by atoms with E-state index in [9.17, 15) is 19.2 Å². The van der Waals surface area contributed by atoms with Gasteiger partial charge in [0.2, 0.25) is 0 Å². The molecule has 0 heterocycles. The van der Waals surface area contributed by atoms with Crippen LogP contribution in [0.4, 0.5) is 0 Å². The van der Waals surface area contributed by atoms with Crippen molar-refractivity contribution in [3.8, 4) is 0 Å². The third kappa shape index (κ3) is 12.3. The second-order valence-corrected chi connectivity index (χ2v) is 9.56. The molecule has 0 aromatic carbocycles. The van der Waals surface area contributed by atoms with Crippen LogP contribution in [-0.4, -0.2) is 66.6 Å². The number of hydrogen-bond acceptors (Lipinski definition) is 11. The highest BCUT2D eigenvalue weighted by Crippen LogP contribution is 2.24. The van der Waals surface area contributed by atoms with Crippen molar-refractivity contribution in [3.63, 3.8) is 0 Å². The fourth-order valence-corrected chi connectivity index (χ4v) is 2.52. The molecule has 29 heavy (non-hydrogen) atoms. The largest absolute Gasteiger partial charge is 0.468 e. The van der Waals surface area contributed by atoms with Gasteiger partial charge in [0, 0.05) is 15.7 Å². The van der Waals surface area contributed by atoms with Crippen LogP contribution < -0.4 is 0 Å². The van der Waals surface area contributed by atoms with Crippen molar-refractivity contribution in [1.82, 2.24) is 0 Å². The minimum Gasteiger partial charge on any atom is -0.468 e. The quantitative estimate of drug-likeness (QED) is 0.213. The average Bonchev–Trinajstić information content (AvgIpc) is 2.59. The number of carbonyl (C=O) groups excluding carboxylic acids is 4. The zero-order valence-electron chi connectivity index (χ0n) is 17.1. The molecule has 0 aromatic heterocycles. The molecule has 0 aromatic rings. The number of hydrogen-bond donors (Lipinski definition) is 3. The molecule has 0 saturated carbocycles. The monoisotopic (exact) mass is 470 g/mol. The van der Waals surface area contributed by atoms with Crippen molar-refractivity contribution in [2.75, 3.05) is 26.9 Å². The number of carbonyl (C=O) groups is 4. The maximum atomic E-state index is 12.5. The Morgan fingerprint density at radius 1 is 0.690 bits per heavy atom. The predicted molar refractivity (Wildman–Crippen MR) is 117 cm³/mol. The van der Waals surface area contributed by atoms with Gasteiger partial charge in [-0.25, -0.2) is 0 Å². The van der Waals surface area contributed by atoms with Crippen molar-refractivity contribution in [2.24, 2.45) is 5.41 Å². The Morgan fingerprint density at radius 3 is 1.17 bits per heavy atom.